The number of aromatic nitrogens is 6. The van der Waals surface area contributed by atoms with Crippen molar-refractivity contribution in [1.29, 1.82) is 0 Å². The van der Waals surface area contributed by atoms with Gasteiger partial charge < -0.3 is 9.73 Å². The summed E-state index contributed by atoms with van der Waals surface area (Å²) >= 11 is 1.28. The zero-order chi connectivity index (χ0) is 12.5. The van der Waals surface area contributed by atoms with Crippen molar-refractivity contribution in [3.05, 3.63) is 12.1 Å². The van der Waals surface area contributed by atoms with Gasteiger partial charge in [-0.3, -0.25) is 5.10 Å². The number of hydrogen-bond acceptors (Lipinski definition) is 8. The van der Waals surface area contributed by atoms with E-state index < -0.39 is 0 Å². The smallest absolute Gasteiger partial charge is 0.282 e. The summed E-state index contributed by atoms with van der Waals surface area (Å²) in [5.41, 5.74) is 0.660. The van der Waals surface area contributed by atoms with Crippen molar-refractivity contribution in [2.24, 2.45) is 0 Å². The van der Waals surface area contributed by atoms with Gasteiger partial charge in [-0.1, -0.05) is 0 Å². The molecule has 3 aromatic heterocycles. The molecule has 0 amide bonds. The van der Waals surface area contributed by atoms with Crippen LogP contribution >= 0.6 is 11.8 Å². The highest BCUT2D eigenvalue weighted by molar-refractivity contribution is 7.99. The summed E-state index contributed by atoms with van der Waals surface area (Å²) in [6.07, 6.45) is 1.67. The minimum absolute atomic E-state index is 0.441. The first-order chi connectivity index (χ1) is 8.76. The van der Waals surface area contributed by atoms with E-state index in [-0.39, 0.29) is 0 Å². The Morgan fingerprint density at radius 1 is 1.33 bits per heavy atom. The Morgan fingerprint density at radius 2 is 2.22 bits per heavy atom. The van der Waals surface area contributed by atoms with Crippen LogP contribution in [0.1, 0.15) is 5.89 Å². The molecule has 0 aliphatic carbocycles. The third kappa shape index (κ3) is 1.88. The lowest BCUT2D eigenvalue weighted by Gasteiger charge is -2.01. The Hall–Kier alpha value is -2.16. The molecule has 92 valence electrons. The van der Waals surface area contributed by atoms with Crippen molar-refractivity contribution >= 4 is 28.7 Å². The van der Waals surface area contributed by atoms with Crippen molar-refractivity contribution in [1.82, 2.24) is 30.4 Å². The van der Waals surface area contributed by atoms with E-state index >= 15 is 0 Å². The first-order valence-corrected chi connectivity index (χ1v) is 5.95. The number of anilines is 1. The minimum Gasteiger partial charge on any atom is -0.416 e. The van der Waals surface area contributed by atoms with Gasteiger partial charge in [-0.05, 0) is 11.8 Å². The van der Waals surface area contributed by atoms with Crippen molar-refractivity contribution in [3.8, 4) is 0 Å². The van der Waals surface area contributed by atoms with Crippen LogP contribution in [0.3, 0.4) is 0 Å². The molecule has 9 heteroatoms. The fourth-order valence-electron chi connectivity index (χ4n) is 1.40. The summed E-state index contributed by atoms with van der Waals surface area (Å²) in [6, 6.07) is 0. The topological polar surface area (TPSA) is 105 Å². The average Bonchev–Trinajstić information content (AvgIpc) is 2.98. The Bertz CT molecular complexity index is 691. The molecule has 0 atom stereocenters. The zero-order valence-corrected chi connectivity index (χ0v) is 10.4. The fourth-order valence-corrected chi connectivity index (χ4v) is 2.20. The molecule has 0 bridgehead atoms. The molecule has 2 N–H and O–H groups in total. The summed E-state index contributed by atoms with van der Waals surface area (Å²) in [5, 5.41) is 19.3. The molecule has 18 heavy (non-hydrogen) atoms. The van der Waals surface area contributed by atoms with E-state index in [1.807, 2.05) is 0 Å². The van der Waals surface area contributed by atoms with Gasteiger partial charge in [-0.2, -0.15) is 10.1 Å². The summed E-state index contributed by atoms with van der Waals surface area (Å²) in [5.74, 6) is 1.02. The van der Waals surface area contributed by atoms with Crippen LogP contribution in [0.2, 0.25) is 0 Å². The lowest BCUT2D eigenvalue weighted by molar-refractivity contribution is 0.429. The van der Waals surface area contributed by atoms with Crippen molar-refractivity contribution < 1.29 is 4.42 Å². The van der Waals surface area contributed by atoms with Crippen LogP contribution in [0.25, 0.3) is 11.0 Å². The second-order valence-corrected chi connectivity index (χ2v) is 4.36. The normalized spacial score (nSPS) is 11.0. The number of H-pyrrole nitrogens is 1. The summed E-state index contributed by atoms with van der Waals surface area (Å²) < 4.78 is 5.32. The van der Waals surface area contributed by atoms with E-state index in [1.54, 1.807) is 20.2 Å². The molecular formula is C9H9N7OS. The van der Waals surface area contributed by atoms with Gasteiger partial charge in [-0.15, -0.1) is 10.2 Å². The molecule has 0 saturated carbocycles. The molecule has 3 aromatic rings. The largest absolute Gasteiger partial charge is 0.416 e. The number of nitrogens with one attached hydrogen (secondary N) is 2. The van der Waals surface area contributed by atoms with Gasteiger partial charge in [-0.25, -0.2) is 4.98 Å². The van der Waals surface area contributed by atoms with E-state index in [1.165, 1.54) is 11.8 Å². The first kappa shape index (κ1) is 11.0. The molecule has 0 aromatic carbocycles. The van der Waals surface area contributed by atoms with Gasteiger partial charge in [0.15, 0.2) is 5.65 Å². The highest BCUT2D eigenvalue weighted by Crippen LogP contribution is 2.30. The van der Waals surface area contributed by atoms with E-state index in [9.17, 15) is 0 Å². The lowest BCUT2D eigenvalue weighted by Crippen LogP contribution is -1.97. The number of fused-ring (bicyclic) bond motifs is 1. The van der Waals surface area contributed by atoms with Crippen LogP contribution in [-0.4, -0.2) is 37.4 Å². The highest BCUT2D eigenvalue weighted by atomic mass is 32.2. The van der Waals surface area contributed by atoms with Gasteiger partial charge in [0.05, 0.1) is 11.6 Å². The molecule has 0 saturated heterocycles. The van der Waals surface area contributed by atoms with E-state index in [2.05, 4.69) is 35.7 Å². The number of nitrogens with zero attached hydrogens (tertiary/aromatic N) is 5. The fraction of sp³-hybridized carbons (Fsp3) is 0.222. The third-order valence-electron chi connectivity index (χ3n) is 2.19. The summed E-state index contributed by atoms with van der Waals surface area (Å²) in [4.78, 5) is 8.59. The highest BCUT2D eigenvalue weighted by Gasteiger charge is 2.13. The second kappa shape index (κ2) is 4.26. The van der Waals surface area contributed by atoms with Gasteiger partial charge in [0, 0.05) is 14.0 Å². The second-order valence-electron chi connectivity index (χ2n) is 3.42. The van der Waals surface area contributed by atoms with E-state index in [4.69, 9.17) is 4.42 Å². The standard InChI is InChI=1S/C9H9N7OS/c1-4-14-16-9(17-4)18-7-5-3-11-15-6(5)12-8(10-2)13-7/h3H,1-2H3,(H2,10,11,12,13,15). The van der Waals surface area contributed by atoms with Crippen LogP contribution < -0.4 is 5.32 Å². The van der Waals surface area contributed by atoms with Crippen molar-refractivity contribution in [2.75, 3.05) is 12.4 Å². The molecule has 0 aliphatic rings. The maximum absolute atomic E-state index is 5.32. The number of hydrogen-bond donors (Lipinski definition) is 2. The zero-order valence-electron chi connectivity index (χ0n) is 9.63. The van der Waals surface area contributed by atoms with Crippen molar-refractivity contribution in [2.45, 2.75) is 17.2 Å². The molecule has 3 heterocycles. The third-order valence-corrected chi connectivity index (χ3v) is 3.03. The maximum atomic E-state index is 5.32. The van der Waals surface area contributed by atoms with Gasteiger partial charge in [0.1, 0.15) is 5.03 Å². The Kier molecular flexibility index (Phi) is 2.59. The van der Waals surface area contributed by atoms with Gasteiger partial charge in [0.25, 0.3) is 5.22 Å². The van der Waals surface area contributed by atoms with Crippen molar-refractivity contribution in [3.63, 3.8) is 0 Å². The van der Waals surface area contributed by atoms with Crippen LogP contribution in [-0.2, 0) is 0 Å². The Labute approximate surface area is 106 Å². The molecule has 0 unspecified atom stereocenters. The summed E-state index contributed by atoms with van der Waals surface area (Å²) in [6.45, 7) is 1.74. The first-order valence-electron chi connectivity index (χ1n) is 5.13. The molecule has 0 aliphatic heterocycles. The number of aromatic amines is 1. The Balaban J connectivity index is 2.06. The van der Waals surface area contributed by atoms with Gasteiger partial charge >= 0.3 is 0 Å². The quantitative estimate of drug-likeness (QED) is 0.680. The van der Waals surface area contributed by atoms with E-state index in [0.29, 0.717) is 27.7 Å². The molecular weight excluding hydrogens is 254 g/mol. The number of rotatable bonds is 3. The SMILES string of the molecule is CNc1nc(Sc2nnc(C)o2)c2cn[nH]c2n1. The lowest BCUT2D eigenvalue weighted by atomic mass is 10.4. The molecule has 0 spiro atoms. The predicted molar refractivity (Wildman–Crippen MR) is 64.4 cm³/mol. The van der Waals surface area contributed by atoms with E-state index in [0.717, 1.165) is 5.39 Å². The molecule has 0 radical (unpaired) electrons. The molecule has 8 nitrogen and oxygen atoms in total. The van der Waals surface area contributed by atoms with Crippen LogP contribution in [0, 0.1) is 6.92 Å². The summed E-state index contributed by atoms with van der Waals surface area (Å²) in [7, 11) is 1.75. The van der Waals surface area contributed by atoms with Gasteiger partial charge in [0.2, 0.25) is 11.8 Å². The average molecular weight is 263 g/mol. The maximum Gasteiger partial charge on any atom is 0.282 e. The minimum atomic E-state index is 0.441. The number of aryl methyl sites for hydroxylation is 1. The predicted octanol–water partition coefficient (Wildman–Crippen LogP) is 1.24. The van der Waals surface area contributed by atoms with Crippen LogP contribution in [0.5, 0.6) is 0 Å². The molecule has 0 fully saturated rings. The molecule has 3 rings (SSSR count). The Morgan fingerprint density at radius 3 is 2.94 bits per heavy atom. The monoisotopic (exact) mass is 263 g/mol. The van der Waals surface area contributed by atoms with Crippen LogP contribution in [0.15, 0.2) is 20.9 Å². The van der Waals surface area contributed by atoms with Crippen LogP contribution in [0.4, 0.5) is 5.95 Å².